The van der Waals surface area contributed by atoms with Gasteiger partial charge in [-0.3, -0.25) is 19.2 Å². The summed E-state index contributed by atoms with van der Waals surface area (Å²) in [4.78, 5) is 59.0. The van der Waals surface area contributed by atoms with E-state index in [1.165, 1.54) is 11.1 Å². The molecule has 3 saturated carbocycles. The van der Waals surface area contributed by atoms with E-state index in [9.17, 15) is 19.2 Å². The number of carbonyl (C=O) groups excluding carboxylic acids is 4. The fourth-order valence-electron chi connectivity index (χ4n) is 6.21. The SMILES string of the molecule is COc1ccc2c(C(=O)C(=O)N(CC(=O)NC3CC3)[C@@H](C(=O)NC3CCCCC3)C3CCCCC3)c[nH]c2c1. The number of nitrogens with zero attached hydrogens (tertiary/aromatic N) is 1. The van der Waals surface area contributed by atoms with E-state index in [0.29, 0.717) is 16.7 Å². The zero-order chi connectivity index (χ0) is 27.4. The van der Waals surface area contributed by atoms with E-state index in [4.69, 9.17) is 4.74 Å². The normalized spacial score (nSPS) is 19.3. The second kappa shape index (κ2) is 12.2. The van der Waals surface area contributed by atoms with Crippen LogP contribution in [0.5, 0.6) is 5.75 Å². The highest BCUT2D eigenvalue weighted by molar-refractivity contribution is 6.45. The van der Waals surface area contributed by atoms with Crippen molar-refractivity contribution in [3.8, 4) is 5.75 Å². The van der Waals surface area contributed by atoms with Gasteiger partial charge < -0.3 is 25.3 Å². The van der Waals surface area contributed by atoms with Crippen LogP contribution < -0.4 is 15.4 Å². The number of ether oxygens (including phenoxy) is 1. The molecule has 3 fully saturated rings. The molecule has 5 rings (SSSR count). The number of ketones is 1. The molecule has 3 aliphatic carbocycles. The number of nitrogens with one attached hydrogen (secondary N) is 3. The van der Waals surface area contributed by atoms with E-state index in [-0.39, 0.29) is 41.9 Å². The van der Waals surface area contributed by atoms with Crippen LogP contribution in [-0.2, 0) is 14.4 Å². The Kier molecular flexibility index (Phi) is 8.53. The van der Waals surface area contributed by atoms with Crippen molar-refractivity contribution >= 4 is 34.4 Å². The number of aromatic nitrogens is 1. The van der Waals surface area contributed by atoms with Gasteiger partial charge in [-0.15, -0.1) is 0 Å². The lowest BCUT2D eigenvalue weighted by Crippen LogP contribution is -2.59. The van der Waals surface area contributed by atoms with Gasteiger partial charge >= 0.3 is 0 Å². The highest BCUT2D eigenvalue weighted by Gasteiger charge is 2.41. The Morgan fingerprint density at radius 1 is 0.923 bits per heavy atom. The third kappa shape index (κ3) is 6.45. The average Bonchev–Trinajstić information content (AvgIpc) is 3.67. The molecular formula is C30H40N4O5. The number of benzene rings is 1. The number of H-pyrrole nitrogens is 1. The Morgan fingerprint density at radius 2 is 1.59 bits per heavy atom. The van der Waals surface area contributed by atoms with Crippen molar-refractivity contribution in [3.63, 3.8) is 0 Å². The molecule has 0 radical (unpaired) electrons. The number of rotatable bonds is 10. The third-order valence-electron chi connectivity index (χ3n) is 8.50. The lowest BCUT2D eigenvalue weighted by molar-refractivity contribution is -0.143. The second-order valence-corrected chi connectivity index (χ2v) is 11.4. The summed E-state index contributed by atoms with van der Waals surface area (Å²) in [5.41, 5.74) is 0.891. The fraction of sp³-hybridized carbons (Fsp3) is 0.600. The molecule has 1 atom stereocenters. The largest absolute Gasteiger partial charge is 0.497 e. The minimum Gasteiger partial charge on any atom is -0.497 e. The summed E-state index contributed by atoms with van der Waals surface area (Å²) in [5, 5.41) is 6.73. The van der Waals surface area contributed by atoms with Crippen molar-refractivity contribution in [1.82, 2.24) is 20.5 Å². The van der Waals surface area contributed by atoms with Crippen LogP contribution in [0.1, 0.15) is 87.4 Å². The molecule has 3 amide bonds. The Bertz CT molecular complexity index is 1210. The van der Waals surface area contributed by atoms with Gasteiger partial charge in [-0.2, -0.15) is 0 Å². The summed E-state index contributed by atoms with van der Waals surface area (Å²) in [7, 11) is 1.56. The minimum atomic E-state index is -0.862. The summed E-state index contributed by atoms with van der Waals surface area (Å²) in [6.45, 7) is -0.309. The van der Waals surface area contributed by atoms with Crippen molar-refractivity contribution < 1.29 is 23.9 Å². The molecule has 9 nitrogen and oxygen atoms in total. The van der Waals surface area contributed by atoms with Crippen LogP contribution in [0.15, 0.2) is 24.4 Å². The highest BCUT2D eigenvalue weighted by atomic mass is 16.5. The number of fused-ring (bicyclic) bond motifs is 1. The Hall–Kier alpha value is -3.36. The number of amides is 3. The maximum Gasteiger partial charge on any atom is 0.296 e. The van der Waals surface area contributed by atoms with Crippen LogP contribution >= 0.6 is 0 Å². The van der Waals surface area contributed by atoms with Crippen LogP contribution in [0.25, 0.3) is 10.9 Å². The van der Waals surface area contributed by atoms with Crippen molar-refractivity contribution in [2.75, 3.05) is 13.7 Å². The molecular weight excluding hydrogens is 496 g/mol. The minimum absolute atomic E-state index is 0.0638. The molecule has 1 heterocycles. The zero-order valence-electron chi connectivity index (χ0n) is 22.8. The van der Waals surface area contributed by atoms with Crippen molar-refractivity contribution in [1.29, 1.82) is 0 Å². The van der Waals surface area contributed by atoms with E-state index in [1.54, 1.807) is 25.3 Å². The molecule has 210 valence electrons. The molecule has 3 N–H and O–H groups in total. The number of carbonyl (C=O) groups is 4. The van der Waals surface area contributed by atoms with Crippen LogP contribution in [0.3, 0.4) is 0 Å². The molecule has 1 aromatic carbocycles. The summed E-state index contributed by atoms with van der Waals surface area (Å²) >= 11 is 0. The molecule has 0 saturated heterocycles. The summed E-state index contributed by atoms with van der Waals surface area (Å²) in [6, 6.07) is 4.55. The molecule has 1 aromatic heterocycles. The van der Waals surface area contributed by atoms with Gasteiger partial charge in [0.15, 0.2) is 0 Å². The van der Waals surface area contributed by atoms with Gasteiger partial charge in [0.1, 0.15) is 18.3 Å². The predicted octanol–water partition coefficient (Wildman–Crippen LogP) is 3.86. The lowest BCUT2D eigenvalue weighted by atomic mass is 9.82. The van der Waals surface area contributed by atoms with Gasteiger partial charge in [-0.1, -0.05) is 38.5 Å². The van der Waals surface area contributed by atoms with Gasteiger partial charge in [0.25, 0.3) is 11.7 Å². The van der Waals surface area contributed by atoms with Crippen LogP contribution in [0.2, 0.25) is 0 Å². The molecule has 39 heavy (non-hydrogen) atoms. The molecule has 0 unspecified atom stereocenters. The fourth-order valence-corrected chi connectivity index (χ4v) is 6.21. The van der Waals surface area contributed by atoms with Crippen LogP contribution in [0.4, 0.5) is 0 Å². The molecule has 9 heteroatoms. The zero-order valence-corrected chi connectivity index (χ0v) is 22.8. The number of hydrogen-bond acceptors (Lipinski definition) is 5. The highest BCUT2D eigenvalue weighted by Crippen LogP contribution is 2.31. The second-order valence-electron chi connectivity index (χ2n) is 11.4. The number of aromatic amines is 1. The summed E-state index contributed by atoms with van der Waals surface area (Å²) < 4.78 is 5.28. The monoisotopic (exact) mass is 536 g/mol. The number of hydrogen-bond donors (Lipinski definition) is 3. The van der Waals surface area contributed by atoms with E-state index >= 15 is 0 Å². The Morgan fingerprint density at radius 3 is 2.26 bits per heavy atom. The maximum atomic E-state index is 14.0. The van der Waals surface area contributed by atoms with Crippen LogP contribution in [-0.4, -0.2) is 65.2 Å². The van der Waals surface area contributed by atoms with Gasteiger partial charge in [0, 0.05) is 35.2 Å². The maximum absolute atomic E-state index is 14.0. The van der Waals surface area contributed by atoms with E-state index in [0.717, 1.165) is 77.0 Å². The molecule has 0 spiro atoms. The summed E-state index contributed by atoms with van der Waals surface area (Å²) in [5.74, 6) is -1.57. The van der Waals surface area contributed by atoms with E-state index in [1.807, 2.05) is 0 Å². The molecule has 0 bridgehead atoms. The molecule has 2 aromatic rings. The average molecular weight is 537 g/mol. The van der Waals surface area contributed by atoms with Crippen molar-refractivity contribution in [3.05, 3.63) is 30.0 Å². The molecule has 0 aliphatic heterocycles. The number of methoxy groups -OCH3 is 1. The topological polar surface area (TPSA) is 121 Å². The predicted molar refractivity (Wildman–Crippen MR) is 147 cm³/mol. The Labute approximate surface area is 229 Å². The lowest BCUT2D eigenvalue weighted by Gasteiger charge is -2.38. The third-order valence-corrected chi connectivity index (χ3v) is 8.50. The van der Waals surface area contributed by atoms with Crippen LogP contribution in [0, 0.1) is 5.92 Å². The first-order valence-corrected chi connectivity index (χ1v) is 14.5. The first kappa shape index (κ1) is 27.2. The van der Waals surface area contributed by atoms with E-state index in [2.05, 4.69) is 15.6 Å². The number of Topliss-reactive ketones (excluding diaryl/α,β-unsaturated/α-hetero) is 1. The van der Waals surface area contributed by atoms with E-state index < -0.39 is 17.7 Å². The first-order chi connectivity index (χ1) is 18.9. The summed E-state index contributed by atoms with van der Waals surface area (Å²) in [6.07, 6.45) is 13.0. The van der Waals surface area contributed by atoms with Gasteiger partial charge in [-0.25, -0.2) is 0 Å². The van der Waals surface area contributed by atoms with Crippen molar-refractivity contribution in [2.45, 2.75) is 95.2 Å². The quantitative estimate of drug-likeness (QED) is 0.315. The standard InChI is InChI=1S/C30H40N4O5/c1-39-22-14-15-23-24(17-31-25(23)16-22)28(36)30(38)34(18-26(35)32-21-12-13-21)27(19-8-4-2-5-9-19)29(37)33-20-10-6-3-7-11-20/h14-17,19-21,27,31H,2-13,18H2,1H3,(H,32,35)(H,33,37)/t27-/m1/s1. The van der Waals surface area contributed by atoms with Gasteiger partial charge in [0.2, 0.25) is 11.8 Å². The van der Waals surface area contributed by atoms with Gasteiger partial charge in [0.05, 0.1) is 12.7 Å². The Balaban J connectivity index is 1.45. The van der Waals surface area contributed by atoms with Crippen molar-refractivity contribution in [2.24, 2.45) is 5.92 Å². The smallest absolute Gasteiger partial charge is 0.296 e. The molecule has 3 aliphatic rings. The van der Waals surface area contributed by atoms with Gasteiger partial charge in [-0.05, 0) is 56.6 Å². The first-order valence-electron chi connectivity index (χ1n) is 14.5.